The predicted molar refractivity (Wildman–Crippen MR) is 55.3 cm³/mol. The second-order valence-corrected chi connectivity index (χ2v) is 3.41. The van der Waals surface area contributed by atoms with Gasteiger partial charge in [-0.25, -0.2) is 9.59 Å². The molecule has 19 heavy (non-hydrogen) atoms. The summed E-state index contributed by atoms with van der Waals surface area (Å²) in [5.74, 6) is -2.17. The summed E-state index contributed by atoms with van der Waals surface area (Å²) >= 11 is 0. The van der Waals surface area contributed by atoms with Crippen molar-refractivity contribution in [3.05, 3.63) is 0 Å². The van der Waals surface area contributed by atoms with Crippen molar-refractivity contribution in [1.82, 2.24) is 10.6 Å². The van der Waals surface area contributed by atoms with Gasteiger partial charge in [0.2, 0.25) is 0 Å². The first-order valence-corrected chi connectivity index (χ1v) is 5.14. The molecule has 0 aliphatic rings. The normalized spacial score (nSPS) is 10.9. The molecule has 3 N–H and O–H groups in total. The van der Waals surface area contributed by atoms with Gasteiger partial charge >= 0.3 is 18.2 Å². The minimum absolute atomic E-state index is 0.241. The van der Waals surface area contributed by atoms with E-state index in [0.29, 0.717) is 0 Å². The van der Waals surface area contributed by atoms with Crippen LogP contribution in [0.2, 0.25) is 0 Å². The van der Waals surface area contributed by atoms with Crippen LogP contribution < -0.4 is 10.6 Å². The maximum Gasteiger partial charge on any atom is 0.389 e. The van der Waals surface area contributed by atoms with E-state index in [0.717, 1.165) is 0 Å². The molecular weight excluding hydrogens is 273 g/mol. The third kappa shape index (κ3) is 12.4. The van der Waals surface area contributed by atoms with Crippen LogP contribution in [0.1, 0.15) is 12.8 Å². The number of carboxylic acid groups (broad SMARTS) is 1. The smallest absolute Gasteiger partial charge is 0.389 e. The van der Waals surface area contributed by atoms with Gasteiger partial charge in [0, 0.05) is 13.0 Å². The Bertz CT molecular complexity index is 332. The second kappa shape index (κ2) is 8.29. The summed E-state index contributed by atoms with van der Waals surface area (Å²) in [4.78, 5) is 32.0. The summed E-state index contributed by atoms with van der Waals surface area (Å²) in [5.41, 5.74) is 0. The van der Waals surface area contributed by atoms with E-state index in [9.17, 15) is 27.6 Å². The topological polar surface area (TPSA) is 105 Å². The number of urea groups is 1. The maximum absolute atomic E-state index is 11.7. The molecule has 110 valence electrons. The number of ether oxygens (including phenoxy) is 1. The van der Waals surface area contributed by atoms with E-state index in [-0.39, 0.29) is 13.0 Å². The molecule has 10 heteroatoms. The molecule has 3 amide bonds. The molecule has 0 aliphatic carbocycles. The zero-order chi connectivity index (χ0) is 14.9. The molecule has 0 bridgehead atoms. The molecule has 0 rings (SSSR count). The monoisotopic (exact) mass is 286 g/mol. The van der Waals surface area contributed by atoms with Crippen LogP contribution in [0.4, 0.5) is 18.0 Å². The Hall–Kier alpha value is -1.84. The van der Waals surface area contributed by atoms with E-state index in [1.807, 2.05) is 5.32 Å². The number of imide groups is 1. The summed E-state index contributed by atoms with van der Waals surface area (Å²) in [7, 11) is 0. The standard InChI is InChI=1S/C9H13F3N2O5/c10-9(11,12)2-1-3-13-8(18)14-6(15)4-19-5-7(16)17/h1-5H2,(H,16,17)(H2,13,14,15,18). The number of hydrogen-bond acceptors (Lipinski definition) is 4. The predicted octanol–water partition coefficient (Wildman–Crippen LogP) is 0.256. The first-order chi connectivity index (χ1) is 8.70. The molecule has 0 unspecified atom stereocenters. The molecule has 0 heterocycles. The second-order valence-electron chi connectivity index (χ2n) is 3.41. The fourth-order valence-electron chi connectivity index (χ4n) is 0.929. The highest BCUT2D eigenvalue weighted by Crippen LogP contribution is 2.20. The lowest BCUT2D eigenvalue weighted by Crippen LogP contribution is -2.41. The van der Waals surface area contributed by atoms with Crippen LogP contribution in [-0.4, -0.2) is 48.9 Å². The Labute approximate surface area is 106 Å². The van der Waals surface area contributed by atoms with E-state index in [2.05, 4.69) is 4.74 Å². The largest absolute Gasteiger partial charge is 0.480 e. The summed E-state index contributed by atoms with van der Waals surface area (Å²) < 4.78 is 39.6. The highest BCUT2D eigenvalue weighted by Gasteiger charge is 2.25. The van der Waals surface area contributed by atoms with Crippen molar-refractivity contribution in [1.29, 1.82) is 0 Å². The van der Waals surface area contributed by atoms with E-state index >= 15 is 0 Å². The number of aliphatic carboxylic acids is 1. The highest BCUT2D eigenvalue weighted by molar-refractivity contribution is 5.94. The first-order valence-electron chi connectivity index (χ1n) is 5.14. The zero-order valence-electron chi connectivity index (χ0n) is 9.75. The van der Waals surface area contributed by atoms with Crippen molar-refractivity contribution in [2.75, 3.05) is 19.8 Å². The van der Waals surface area contributed by atoms with Gasteiger partial charge in [-0.05, 0) is 6.42 Å². The van der Waals surface area contributed by atoms with Crippen LogP contribution in [0, 0.1) is 0 Å². The molecule has 0 spiro atoms. The number of alkyl halides is 3. The Balaban J connectivity index is 3.63. The van der Waals surface area contributed by atoms with Crippen molar-refractivity contribution >= 4 is 17.9 Å². The van der Waals surface area contributed by atoms with Crippen molar-refractivity contribution in [3.63, 3.8) is 0 Å². The van der Waals surface area contributed by atoms with Gasteiger partial charge in [-0.2, -0.15) is 13.2 Å². The zero-order valence-corrected chi connectivity index (χ0v) is 9.75. The average molecular weight is 286 g/mol. The number of carbonyl (C=O) groups excluding carboxylic acids is 2. The number of hydrogen-bond donors (Lipinski definition) is 3. The number of carboxylic acids is 1. The SMILES string of the molecule is O=C(O)COCC(=O)NC(=O)NCCCC(F)(F)F. The molecule has 0 radical (unpaired) electrons. The molecule has 0 aliphatic heterocycles. The van der Waals surface area contributed by atoms with Gasteiger partial charge in [0.25, 0.3) is 5.91 Å². The summed E-state index contributed by atoms with van der Waals surface area (Å²) in [6.07, 6.45) is -5.64. The van der Waals surface area contributed by atoms with Crippen LogP contribution in [0.5, 0.6) is 0 Å². The van der Waals surface area contributed by atoms with Crippen LogP contribution in [0.3, 0.4) is 0 Å². The summed E-state index contributed by atoms with van der Waals surface area (Å²) in [6, 6.07) is -0.967. The summed E-state index contributed by atoms with van der Waals surface area (Å²) in [5, 5.41) is 12.0. The lowest BCUT2D eigenvalue weighted by atomic mass is 10.3. The van der Waals surface area contributed by atoms with Crippen molar-refractivity contribution in [3.8, 4) is 0 Å². The van der Waals surface area contributed by atoms with E-state index in [4.69, 9.17) is 5.11 Å². The fourth-order valence-corrected chi connectivity index (χ4v) is 0.929. The molecule has 0 aromatic rings. The molecule has 0 saturated carbocycles. The average Bonchev–Trinajstić information content (AvgIpc) is 2.22. The lowest BCUT2D eigenvalue weighted by molar-refractivity contribution is -0.143. The van der Waals surface area contributed by atoms with Crippen molar-refractivity contribution in [2.45, 2.75) is 19.0 Å². The molecule has 0 aromatic heterocycles. The number of rotatable bonds is 7. The number of halogens is 3. The van der Waals surface area contributed by atoms with E-state index < -0.39 is 43.7 Å². The number of carbonyl (C=O) groups is 3. The molecule has 7 nitrogen and oxygen atoms in total. The van der Waals surface area contributed by atoms with Gasteiger partial charge < -0.3 is 15.2 Å². The third-order valence-corrected chi connectivity index (χ3v) is 1.63. The van der Waals surface area contributed by atoms with Gasteiger partial charge in [-0.3, -0.25) is 10.1 Å². The van der Waals surface area contributed by atoms with Gasteiger partial charge in [0.1, 0.15) is 13.2 Å². The maximum atomic E-state index is 11.7. The molecule has 0 aromatic carbocycles. The van der Waals surface area contributed by atoms with Gasteiger partial charge in [-0.15, -0.1) is 0 Å². The molecule has 0 fully saturated rings. The molecule has 0 saturated heterocycles. The quantitative estimate of drug-likeness (QED) is 0.582. The van der Waals surface area contributed by atoms with E-state index in [1.165, 1.54) is 0 Å². The van der Waals surface area contributed by atoms with Crippen molar-refractivity contribution in [2.24, 2.45) is 0 Å². The Morgan fingerprint density at radius 3 is 2.32 bits per heavy atom. The number of nitrogens with one attached hydrogen (secondary N) is 2. The lowest BCUT2D eigenvalue weighted by Gasteiger charge is -2.08. The van der Waals surface area contributed by atoms with E-state index in [1.54, 1.807) is 5.32 Å². The van der Waals surface area contributed by atoms with Crippen LogP contribution >= 0.6 is 0 Å². The first kappa shape index (κ1) is 17.2. The third-order valence-electron chi connectivity index (χ3n) is 1.63. The Morgan fingerprint density at radius 1 is 1.16 bits per heavy atom. The van der Waals surface area contributed by atoms with Gasteiger partial charge in [0.15, 0.2) is 0 Å². The van der Waals surface area contributed by atoms with Crippen LogP contribution in [0.25, 0.3) is 0 Å². The molecule has 0 atom stereocenters. The van der Waals surface area contributed by atoms with Crippen molar-refractivity contribution < 1.29 is 37.4 Å². The number of amides is 3. The minimum Gasteiger partial charge on any atom is -0.480 e. The molecular formula is C9H13F3N2O5. The van der Waals surface area contributed by atoms with Crippen LogP contribution in [0.15, 0.2) is 0 Å². The Kier molecular flexibility index (Phi) is 7.49. The minimum atomic E-state index is -4.29. The van der Waals surface area contributed by atoms with Crippen LogP contribution in [-0.2, 0) is 14.3 Å². The Morgan fingerprint density at radius 2 is 1.79 bits per heavy atom. The fraction of sp³-hybridized carbons (Fsp3) is 0.667. The highest BCUT2D eigenvalue weighted by atomic mass is 19.4. The summed E-state index contributed by atoms with van der Waals surface area (Å²) in [6.45, 7) is -1.57. The van der Waals surface area contributed by atoms with Gasteiger partial charge in [-0.1, -0.05) is 0 Å². The van der Waals surface area contributed by atoms with Gasteiger partial charge in [0.05, 0.1) is 0 Å².